The van der Waals surface area contributed by atoms with Gasteiger partial charge in [0.1, 0.15) is 0 Å². The lowest BCUT2D eigenvalue weighted by atomic mass is 10.3. The summed E-state index contributed by atoms with van der Waals surface area (Å²) in [5.74, 6) is 0. The van der Waals surface area contributed by atoms with Crippen molar-refractivity contribution in [2.75, 3.05) is 12.3 Å². The van der Waals surface area contributed by atoms with E-state index in [0.29, 0.717) is 10.9 Å². The highest BCUT2D eigenvalue weighted by atomic mass is 32.1. The van der Waals surface area contributed by atoms with Gasteiger partial charge in [0.2, 0.25) is 0 Å². The van der Waals surface area contributed by atoms with Crippen LogP contribution in [-0.4, -0.2) is 12.3 Å². The lowest BCUT2D eigenvalue weighted by Crippen LogP contribution is -2.15. The molecule has 1 N–H and O–H groups in total. The van der Waals surface area contributed by atoms with Crippen molar-refractivity contribution in [2.45, 2.75) is 4.90 Å². The van der Waals surface area contributed by atoms with Gasteiger partial charge in [0.15, 0.2) is 0 Å². The smallest absolute Gasteiger partial charge is 0.0945 e. The van der Waals surface area contributed by atoms with Crippen molar-refractivity contribution in [3.8, 4) is 0 Å². The van der Waals surface area contributed by atoms with Crippen molar-refractivity contribution >= 4 is 18.3 Å². The molecular weight excluding hydrogens is 162 g/mol. The molecule has 1 rings (SSSR count). The molecule has 0 bridgehead atoms. The molecule has 11 heavy (non-hydrogen) atoms. The van der Waals surface area contributed by atoms with Gasteiger partial charge in [-0.3, -0.25) is 10.0 Å². The van der Waals surface area contributed by atoms with Crippen molar-refractivity contribution in [2.24, 2.45) is 0 Å². The fourth-order valence-corrected chi connectivity index (χ4v) is 0.835. The summed E-state index contributed by atoms with van der Waals surface area (Å²) in [6, 6.07) is 6.93. The lowest BCUT2D eigenvalue weighted by molar-refractivity contribution is -0.0110. The van der Waals surface area contributed by atoms with Crippen LogP contribution in [0, 0.1) is 0 Å². The zero-order chi connectivity index (χ0) is 8.27. The molecule has 4 heteroatoms. The fraction of sp³-hybridized carbons (Fsp3) is 0.143. The Morgan fingerprint density at radius 1 is 1.36 bits per heavy atom. The molecule has 0 aliphatic carbocycles. The van der Waals surface area contributed by atoms with Crippen molar-refractivity contribution in [1.82, 2.24) is 0 Å². The number of hydrogen-bond acceptors (Lipinski definition) is 4. The molecular formula is C7H9NO2S. The Hall–Kier alpha value is -0.710. The Balaban J connectivity index is 2.81. The number of rotatable bonds is 2. The molecule has 1 aromatic rings. The zero-order valence-corrected chi connectivity index (χ0v) is 6.95. The second-order valence-corrected chi connectivity index (χ2v) is 2.49. The minimum Gasteiger partial charge on any atom is -0.264 e. The number of benzene rings is 1. The first-order valence-electron chi connectivity index (χ1n) is 3.06. The molecule has 0 unspecified atom stereocenters. The minimum atomic E-state index is 0.574. The van der Waals surface area contributed by atoms with Crippen LogP contribution in [0.1, 0.15) is 0 Å². The van der Waals surface area contributed by atoms with E-state index in [9.17, 15) is 0 Å². The molecule has 0 saturated carbocycles. The van der Waals surface area contributed by atoms with E-state index in [1.165, 1.54) is 7.11 Å². The third kappa shape index (κ3) is 2.11. The Morgan fingerprint density at radius 2 is 1.91 bits per heavy atom. The van der Waals surface area contributed by atoms with Gasteiger partial charge < -0.3 is 0 Å². The predicted molar refractivity (Wildman–Crippen MR) is 45.0 cm³/mol. The van der Waals surface area contributed by atoms with Crippen LogP contribution in [0.15, 0.2) is 29.2 Å². The molecule has 0 spiro atoms. The van der Waals surface area contributed by atoms with E-state index < -0.39 is 0 Å². The summed E-state index contributed by atoms with van der Waals surface area (Å²) >= 11 is 4.09. The number of thiol groups is 1. The molecule has 0 atom stereocenters. The van der Waals surface area contributed by atoms with Crippen LogP contribution in [0.25, 0.3) is 0 Å². The van der Waals surface area contributed by atoms with E-state index in [4.69, 9.17) is 5.21 Å². The van der Waals surface area contributed by atoms with Gasteiger partial charge >= 0.3 is 0 Å². The van der Waals surface area contributed by atoms with Gasteiger partial charge in [-0.25, -0.2) is 0 Å². The summed E-state index contributed by atoms with van der Waals surface area (Å²) in [6.07, 6.45) is 0. The maximum Gasteiger partial charge on any atom is 0.0945 e. The number of anilines is 1. The Morgan fingerprint density at radius 3 is 2.36 bits per heavy atom. The average Bonchev–Trinajstić information content (AvgIpc) is 2.05. The molecule has 3 nitrogen and oxygen atoms in total. The van der Waals surface area contributed by atoms with Crippen molar-refractivity contribution < 1.29 is 10.0 Å². The van der Waals surface area contributed by atoms with Gasteiger partial charge in [-0.1, -0.05) is 0 Å². The standard InChI is InChI=1S/C7H9NO2S/c1-10-8(9)6-2-4-7(11)5-3-6/h2-5,9,11H,1H3. The second-order valence-electron chi connectivity index (χ2n) is 1.97. The van der Waals surface area contributed by atoms with E-state index in [1.807, 2.05) is 0 Å². The Kier molecular flexibility index (Phi) is 2.76. The second kappa shape index (κ2) is 3.61. The predicted octanol–water partition coefficient (Wildman–Crippen LogP) is 1.73. The monoisotopic (exact) mass is 171 g/mol. The van der Waals surface area contributed by atoms with Gasteiger partial charge in [-0.05, 0) is 24.3 Å². The molecule has 0 amide bonds. The van der Waals surface area contributed by atoms with Gasteiger partial charge in [0.25, 0.3) is 0 Å². The quantitative estimate of drug-likeness (QED) is 0.525. The SMILES string of the molecule is CON(O)c1ccc(S)cc1. The van der Waals surface area contributed by atoms with E-state index in [0.717, 1.165) is 4.90 Å². The summed E-state index contributed by atoms with van der Waals surface area (Å²) in [5.41, 5.74) is 0.574. The normalized spacial score (nSPS) is 9.73. The van der Waals surface area contributed by atoms with E-state index in [2.05, 4.69) is 17.5 Å². The Bertz CT molecular complexity index is 224. The maximum atomic E-state index is 9.01. The topological polar surface area (TPSA) is 32.7 Å². The van der Waals surface area contributed by atoms with Gasteiger partial charge in [-0.15, -0.1) is 17.9 Å². The molecule has 0 radical (unpaired) electrons. The number of hydrogen-bond donors (Lipinski definition) is 2. The highest BCUT2D eigenvalue weighted by Gasteiger charge is 1.98. The van der Waals surface area contributed by atoms with Gasteiger partial charge in [0, 0.05) is 4.90 Å². The molecule has 60 valence electrons. The molecule has 0 aliphatic heterocycles. The third-order valence-corrected chi connectivity index (χ3v) is 1.54. The van der Waals surface area contributed by atoms with Crippen molar-refractivity contribution in [1.29, 1.82) is 0 Å². The summed E-state index contributed by atoms with van der Waals surface area (Å²) in [5, 5.41) is 9.69. The first-order valence-corrected chi connectivity index (χ1v) is 3.51. The van der Waals surface area contributed by atoms with Gasteiger partial charge in [0.05, 0.1) is 12.8 Å². The first-order chi connectivity index (χ1) is 5.24. The molecule has 0 aliphatic rings. The largest absolute Gasteiger partial charge is 0.264 e. The molecule has 0 aromatic heterocycles. The zero-order valence-electron chi connectivity index (χ0n) is 6.06. The average molecular weight is 171 g/mol. The maximum absolute atomic E-state index is 9.01. The van der Waals surface area contributed by atoms with Crippen LogP contribution in [0.5, 0.6) is 0 Å². The van der Waals surface area contributed by atoms with Crippen LogP contribution in [0.2, 0.25) is 0 Å². The Labute approximate surface area is 70.5 Å². The van der Waals surface area contributed by atoms with Crippen LogP contribution < -0.4 is 5.23 Å². The van der Waals surface area contributed by atoms with E-state index in [-0.39, 0.29) is 0 Å². The van der Waals surface area contributed by atoms with Crippen molar-refractivity contribution in [3.05, 3.63) is 24.3 Å². The summed E-state index contributed by atoms with van der Waals surface area (Å²) in [7, 11) is 1.38. The molecule has 0 saturated heterocycles. The van der Waals surface area contributed by atoms with E-state index in [1.54, 1.807) is 24.3 Å². The van der Waals surface area contributed by atoms with Crippen LogP contribution in [-0.2, 0) is 4.84 Å². The summed E-state index contributed by atoms with van der Waals surface area (Å²) in [4.78, 5) is 5.39. The summed E-state index contributed by atoms with van der Waals surface area (Å²) < 4.78 is 0. The van der Waals surface area contributed by atoms with Crippen LogP contribution in [0.3, 0.4) is 0 Å². The molecule has 0 fully saturated rings. The van der Waals surface area contributed by atoms with Crippen molar-refractivity contribution in [3.63, 3.8) is 0 Å². The summed E-state index contributed by atoms with van der Waals surface area (Å²) in [6.45, 7) is 0. The van der Waals surface area contributed by atoms with Crippen LogP contribution in [0.4, 0.5) is 5.69 Å². The first kappa shape index (κ1) is 8.39. The molecule has 0 heterocycles. The molecule has 1 aromatic carbocycles. The van der Waals surface area contributed by atoms with Gasteiger partial charge in [-0.2, -0.15) is 0 Å². The van der Waals surface area contributed by atoms with E-state index >= 15 is 0 Å². The number of nitrogens with zero attached hydrogens (tertiary/aromatic N) is 1. The fourth-order valence-electron chi connectivity index (χ4n) is 0.686. The third-order valence-electron chi connectivity index (χ3n) is 1.24. The highest BCUT2D eigenvalue weighted by molar-refractivity contribution is 7.80. The van der Waals surface area contributed by atoms with Crippen LogP contribution >= 0.6 is 12.6 Å². The highest BCUT2D eigenvalue weighted by Crippen LogP contribution is 2.14. The minimum absolute atomic E-state index is 0.574. The lowest BCUT2D eigenvalue weighted by Gasteiger charge is -2.12.